The molecule has 5 rings (SSSR count). The first kappa shape index (κ1) is 17.5. The highest BCUT2D eigenvalue weighted by Gasteiger charge is 2.45. The third-order valence-corrected chi connectivity index (χ3v) is 8.48. The second-order valence-electron chi connectivity index (χ2n) is 7.33. The summed E-state index contributed by atoms with van der Waals surface area (Å²) < 4.78 is 1.43. The van der Waals surface area contributed by atoms with Crippen LogP contribution in [0.2, 0.25) is 0 Å². The standard InChI is InChI=1S/C23H23NOS2/c25-17-14-26-23(27-15-17)22-18-10-4-6-12-20(18)24(16-8-2-1-3-9-16)21-13-7-5-11-19(21)22/h1-13,17-21,25H,14-15H2. The summed E-state index contributed by atoms with van der Waals surface area (Å²) in [6.07, 6.45) is 18.0. The molecule has 4 unspecified atom stereocenters. The Morgan fingerprint density at radius 3 is 1.93 bits per heavy atom. The van der Waals surface area contributed by atoms with E-state index in [-0.39, 0.29) is 6.10 Å². The molecule has 0 amide bonds. The van der Waals surface area contributed by atoms with Gasteiger partial charge in [-0.05, 0) is 17.7 Å². The number of allylic oxidation sites excluding steroid dienone is 4. The first-order valence-corrected chi connectivity index (χ1v) is 11.5. The minimum absolute atomic E-state index is 0.191. The second-order valence-corrected chi connectivity index (χ2v) is 9.65. The van der Waals surface area contributed by atoms with E-state index in [9.17, 15) is 5.11 Å². The summed E-state index contributed by atoms with van der Waals surface area (Å²) in [5, 5.41) is 9.96. The smallest absolute Gasteiger partial charge is 0.0728 e. The Kier molecular flexibility index (Phi) is 4.80. The quantitative estimate of drug-likeness (QED) is 0.742. The van der Waals surface area contributed by atoms with E-state index in [1.165, 1.54) is 9.92 Å². The number of fused-ring (bicyclic) bond motifs is 2. The van der Waals surface area contributed by atoms with Crippen LogP contribution in [0, 0.1) is 11.8 Å². The number of rotatable bonds is 1. The SMILES string of the molecule is OC1CSC(=C2C3C=CC=CC3N(c3ccccc3)C3C=CC=CC23)SC1. The van der Waals surface area contributed by atoms with E-state index in [0.717, 1.165) is 11.5 Å². The second kappa shape index (κ2) is 7.42. The van der Waals surface area contributed by atoms with Gasteiger partial charge in [0.2, 0.25) is 0 Å². The molecule has 0 aromatic heterocycles. The molecule has 2 aliphatic heterocycles. The molecule has 0 spiro atoms. The van der Waals surface area contributed by atoms with Crippen molar-refractivity contribution in [3.05, 3.63) is 88.8 Å². The van der Waals surface area contributed by atoms with Gasteiger partial charge in [-0.1, -0.05) is 66.8 Å². The van der Waals surface area contributed by atoms with Gasteiger partial charge >= 0.3 is 0 Å². The van der Waals surface area contributed by atoms with Crippen molar-refractivity contribution in [2.24, 2.45) is 11.8 Å². The van der Waals surface area contributed by atoms with Crippen molar-refractivity contribution in [3.8, 4) is 0 Å². The van der Waals surface area contributed by atoms with Crippen molar-refractivity contribution >= 4 is 29.2 Å². The van der Waals surface area contributed by atoms with Crippen molar-refractivity contribution in [2.75, 3.05) is 16.4 Å². The summed E-state index contributed by atoms with van der Waals surface area (Å²) >= 11 is 3.69. The first-order chi connectivity index (χ1) is 13.3. The van der Waals surface area contributed by atoms with Crippen molar-refractivity contribution in [1.82, 2.24) is 0 Å². The zero-order chi connectivity index (χ0) is 18.2. The van der Waals surface area contributed by atoms with Crippen LogP contribution in [0.25, 0.3) is 0 Å². The van der Waals surface area contributed by atoms with E-state index in [1.807, 2.05) is 23.5 Å². The molecule has 2 saturated heterocycles. The van der Waals surface area contributed by atoms with E-state index < -0.39 is 0 Å². The number of anilines is 1. The van der Waals surface area contributed by atoms with Crippen LogP contribution in [0.5, 0.6) is 0 Å². The van der Waals surface area contributed by atoms with Crippen molar-refractivity contribution in [2.45, 2.75) is 18.2 Å². The van der Waals surface area contributed by atoms with Crippen LogP contribution in [0.15, 0.2) is 88.8 Å². The van der Waals surface area contributed by atoms with Crippen LogP contribution < -0.4 is 4.90 Å². The van der Waals surface area contributed by atoms with Crippen molar-refractivity contribution in [3.63, 3.8) is 0 Å². The molecule has 0 radical (unpaired) electrons. The maximum Gasteiger partial charge on any atom is 0.0728 e. The van der Waals surface area contributed by atoms with E-state index in [2.05, 4.69) is 83.8 Å². The van der Waals surface area contributed by atoms with Gasteiger partial charge in [0.25, 0.3) is 0 Å². The largest absolute Gasteiger partial charge is 0.391 e. The minimum Gasteiger partial charge on any atom is -0.391 e. The highest BCUT2D eigenvalue weighted by molar-refractivity contribution is 8.22. The number of benzene rings is 1. The number of nitrogens with zero attached hydrogens (tertiary/aromatic N) is 1. The van der Waals surface area contributed by atoms with E-state index in [0.29, 0.717) is 23.9 Å². The predicted octanol–water partition coefficient (Wildman–Crippen LogP) is 4.78. The van der Waals surface area contributed by atoms with E-state index in [4.69, 9.17) is 0 Å². The van der Waals surface area contributed by atoms with Gasteiger partial charge in [-0.3, -0.25) is 0 Å². The Bertz CT molecular complexity index is 806. The average Bonchev–Trinajstić information content (AvgIpc) is 2.73. The lowest BCUT2D eigenvalue weighted by molar-refractivity contribution is 0.225. The van der Waals surface area contributed by atoms with Crippen LogP contribution in [0.4, 0.5) is 5.69 Å². The van der Waals surface area contributed by atoms with Crippen LogP contribution >= 0.6 is 23.5 Å². The van der Waals surface area contributed by atoms with Gasteiger partial charge in [-0.25, -0.2) is 0 Å². The fraction of sp³-hybridized carbons (Fsp3) is 0.304. The number of piperidine rings is 1. The predicted molar refractivity (Wildman–Crippen MR) is 118 cm³/mol. The monoisotopic (exact) mass is 393 g/mol. The molecule has 2 heterocycles. The molecular weight excluding hydrogens is 370 g/mol. The number of aliphatic hydroxyl groups excluding tert-OH is 1. The Balaban J connectivity index is 1.63. The number of hydrogen-bond donors (Lipinski definition) is 1. The summed E-state index contributed by atoms with van der Waals surface area (Å²) in [4.78, 5) is 2.59. The van der Waals surface area contributed by atoms with E-state index in [1.54, 1.807) is 5.57 Å². The lowest BCUT2D eigenvalue weighted by Crippen LogP contribution is -2.55. The average molecular weight is 394 g/mol. The van der Waals surface area contributed by atoms with Gasteiger partial charge in [0.05, 0.1) is 18.2 Å². The maximum absolute atomic E-state index is 9.96. The molecule has 1 aromatic carbocycles. The van der Waals surface area contributed by atoms with Crippen molar-refractivity contribution < 1.29 is 5.11 Å². The van der Waals surface area contributed by atoms with Crippen LogP contribution in [-0.2, 0) is 0 Å². The summed E-state index contributed by atoms with van der Waals surface area (Å²) in [7, 11) is 0. The lowest BCUT2D eigenvalue weighted by Gasteiger charge is -2.52. The topological polar surface area (TPSA) is 23.5 Å². The summed E-state index contributed by atoms with van der Waals surface area (Å²) in [6.45, 7) is 0. The molecule has 4 aliphatic rings. The Labute approximate surface area is 169 Å². The zero-order valence-electron chi connectivity index (χ0n) is 15.0. The number of hydrogen-bond acceptors (Lipinski definition) is 4. The minimum atomic E-state index is -0.191. The highest BCUT2D eigenvalue weighted by Crippen LogP contribution is 2.50. The van der Waals surface area contributed by atoms with Gasteiger partial charge in [-0.2, -0.15) is 0 Å². The molecule has 2 aliphatic carbocycles. The normalized spacial score (nSPS) is 34.6. The fourth-order valence-electron chi connectivity index (χ4n) is 4.54. The number of para-hydroxylation sites is 1. The first-order valence-electron chi connectivity index (χ1n) is 9.54. The van der Waals surface area contributed by atoms with Crippen LogP contribution in [0.3, 0.4) is 0 Å². The number of aliphatic hydroxyl groups is 1. The third kappa shape index (κ3) is 3.14. The molecule has 0 bridgehead atoms. The van der Waals surface area contributed by atoms with Crippen molar-refractivity contribution in [1.29, 1.82) is 0 Å². The zero-order valence-corrected chi connectivity index (χ0v) is 16.7. The Morgan fingerprint density at radius 2 is 1.33 bits per heavy atom. The molecule has 1 N–H and O–H groups in total. The molecule has 0 saturated carbocycles. The molecule has 2 nitrogen and oxygen atoms in total. The number of thioether (sulfide) groups is 2. The van der Waals surface area contributed by atoms with E-state index >= 15 is 0 Å². The fourth-order valence-corrected chi connectivity index (χ4v) is 7.23. The highest BCUT2D eigenvalue weighted by atomic mass is 32.2. The van der Waals surface area contributed by atoms with Crippen LogP contribution in [0.1, 0.15) is 0 Å². The molecule has 4 heteroatoms. The summed E-state index contributed by atoms with van der Waals surface area (Å²) in [5.74, 6) is 2.36. The Hall–Kier alpha value is -1.62. The lowest BCUT2D eigenvalue weighted by atomic mass is 9.71. The molecule has 4 atom stereocenters. The molecule has 2 fully saturated rings. The third-order valence-electron chi connectivity index (χ3n) is 5.68. The summed E-state index contributed by atoms with van der Waals surface area (Å²) in [5.41, 5.74) is 2.83. The van der Waals surface area contributed by atoms with Gasteiger partial charge in [-0.15, -0.1) is 23.5 Å². The van der Waals surface area contributed by atoms with Gasteiger partial charge in [0.15, 0.2) is 0 Å². The van der Waals surface area contributed by atoms with Gasteiger partial charge in [0, 0.05) is 33.3 Å². The molecule has 138 valence electrons. The maximum atomic E-state index is 9.96. The Morgan fingerprint density at radius 1 is 0.778 bits per heavy atom. The molecule has 1 aromatic rings. The summed E-state index contributed by atoms with van der Waals surface area (Å²) in [6, 6.07) is 11.5. The van der Waals surface area contributed by atoms with Gasteiger partial charge < -0.3 is 10.0 Å². The van der Waals surface area contributed by atoms with Gasteiger partial charge in [0.1, 0.15) is 0 Å². The molecule has 27 heavy (non-hydrogen) atoms. The van der Waals surface area contributed by atoms with Crippen LogP contribution in [-0.4, -0.2) is 34.8 Å². The molecular formula is C23H23NOS2.